The number of esters is 1. The lowest BCUT2D eigenvalue weighted by Gasteiger charge is -2.28. The first-order valence-electron chi connectivity index (χ1n) is 12.7. The Balaban J connectivity index is 1.35. The van der Waals surface area contributed by atoms with E-state index in [0.717, 1.165) is 36.7 Å². The van der Waals surface area contributed by atoms with Crippen LogP contribution in [-0.4, -0.2) is 12.6 Å². The lowest BCUT2D eigenvalue weighted by molar-refractivity contribution is -0.138. The molecule has 0 amide bonds. The second kappa shape index (κ2) is 11.0. The second-order valence-electron chi connectivity index (χ2n) is 9.67. The molecule has 0 aromatic heterocycles. The summed E-state index contributed by atoms with van der Waals surface area (Å²) in [6.45, 7) is 4.62. The first-order valence-corrected chi connectivity index (χ1v) is 12.7. The van der Waals surface area contributed by atoms with Crippen LogP contribution in [0, 0.1) is 5.92 Å². The van der Waals surface area contributed by atoms with E-state index in [4.69, 9.17) is 4.74 Å². The fourth-order valence-electron chi connectivity index (χ4n) is 5.63. The molecule has 2 nitrogen and oxygen atoms in total. The number of benzene rings is 2. The molecule has 0 spiro atoms. The molecular weight excluding hydrogens is 392 g/mol. The number of hydrogen-bond donors (Lipinski definition) is 0. The van der Waals surface area contributed by atoms with Crippen molar-refractivity contribution >= 4 is 5.97 Å². The number of allylic oxidation sites excluding steroid dienone is 1. The van der Waals surface area contributed by atoms with Gasteiger partial charge in [0.2, 0.25) is 0 Å². The average Bonchev–Trinajstić information content (AvgIpc) is 2.85. The molecule has 1 fully saturated rings. The molecule has 2 aliphatic carbocycles. The van der Waals surface area contributed by atoms with Gasteiger partial charge in [0, 0.05) is 5.57 Å². The summed E-state index contributed by atoms with van der Waals surface area (Å²) in [7, 11) is 0. The Morgan fingerprint density at radius 2 is 1.41 bits per heavy atom. The number of carbonyl (C=O) groups excluding carboxylic acids is 1. The summed E-state index contributed by atoms with van der Waals surface area (Å²) >= 11 is 0. The normalized spacial score (nSPS) is 23.4. The van der Waals surface area contributed by atoms with Gasteiger partial charge >= 0.3 is 5.97 Å². The van der Waals surface area contributed by atoms with E-state index in [1.807, 2.05) is 6.92 Å². The third kappa shape index (κ3) is 5.52. The third-order valence-electron chi connectivity index (χ3n) is 7.59. The summed E-state index contributed by atoms with van der Waals surface area (Å²) in [5.41, 5.74) is 6.32. The quantitative estimate of drug-likeness (QED) is 0.414. The number of carbonyl (C=O) groups is 1. The molecule has 1 saturated carbocycles. The fourth-order valence-corrected chi connectivity index (χ4v) is 5.63. The van der Waals surface area contributed by atoms with Gasteiger partial charge in [-0.3, -0.25) is 0 Å². The molecule has 170 valence electrons. The Bertz CT molecular complexity index is 899. The Morgan fingerprint density at radius 3 is 1.91 bits per heavy atom. The minimum Gasteiger partial charge on any atom is -0.463 e. The Morgan fingerprint density at radius 1 is 0.812 bits per heavy atom. The van der Waals surface area contributed by atoms with Crippen LogP contribution in [0.4, 0.5) is 0 Å². The van der Waals surface area contributed by atoms with E-state index in [2.05, 4.69) is 61.5 Å². The molecule has 0 bridgehead atoms. The molecule has 0 N–H and O–H groups in total. The van der Waals surface area contributed by atoms with E-state index in [1.54, 1.807) is 0 Å². The van der Waals surface area contributed by atoms with Gasteiger partial charge in [-0.25, -0.2) is 4.79 Å². The maximum atomic E-state index is 11.9. The van der Waals surface area contributed by atoms with Crippen LogP contribution in [0.15, 0.2) is 60.2 Å². The van der Waals surface area contributed by atoms with E-state index >= 15 is 0 Å². The second-order valence-corrected chi connectivity index (χ2v) is 9.67. The smallest absolute Gasteiger partial charge is 0.333 e. The summed E-state index contributed by atoms with van der Waals surface area (Å²) in [6, 6.07) is 18.4. The van der Waals surface area contributed by atoms with Gasteiger partial charge in [-0.1, -0.05) is 74.4 Å². The topological polar surface area (TPSA) is 26.3 Å². The van der Waals surface area contributed by atoms with Gasteiger partial charge in [0.25, 0.3) is 0 Å². The molecule has 4 rings (SSSR count). The van der Waals surface area contributed by atoms with Crippen LogP contribution in [0.1, 0.15) is 94.6 Å². The first-order chi connectivity index (χ1) is 15.7. The van der Waals surface area contributed by atoms with Crippen molar-refractivity contribution in [2.75, 3.05) is 6.61 Å². The molecule has 1 unspecified atom stereocenters. The molecule has 2 aliphatic rings. The first kappa shape index (κ1) is 22.8. The zero-order valence-electron chi connectivity index (χ0n) is 19.8. The predicted octanol–water partition coefficient (Wildman–Crippen LogP) is 8.18. The van der Waals surface area contributed by atoms with E-state index in [9.17, 15) is 4.79 Å². The summed E-state index contributed by atoms with van der Waals surface area (Å²) < 4.78 is 5.14. The van der Waals surface area contributed by atoms with Crippen LogP contribution in [0.5, 0.6) is 0 Å². The largest absolute Gasteiger partial charge is 0.463 e. The molecule has 32 heavy (non-hydrogen) atoms. The highest BCUT2D eigenvalue weighted by molar-refractivity contribution is 5.88. The third-order valence-corrected chi connectivity index (χ3v) is 7.59. The summed E-state index contributed by atoms with van der Waals surface area (Å²) in [4.78, 5) is 11.9. The van der Waals surface area contributed by atoms with Gasteiger partial charge < -0.3 is 4.74 Å². The van der Waals surface area contributed by atoms with E-state index < -0.39 is 0 Å². The molecule has 2 heteroatoms. The zero-order valence-corrected chi connectivity index (χ0v) is 19.8. The van der Waals surface area contributed by atoms with Crippen molar-refractivity contribution in [1.29, 1.82) is 0 Å². The predicted molar refractivity (Wildman–Crippen MR) is 133 cm³/mol. The SMILES string of the molecule is CCC[C@H]1CC[C@H](c2ccc(-c3ccc(C4CC=C(C(=O)OCC)CC4)cc3)cc2)CC1. The highest BCUT2D eigenvalue weighted by Crippen LogP contribution is 2.38. The highest BCUT2D eigenvalue weighted by Gasteiger charge is 2.22. The lowest BCUT2D eigenvalue weighted by atomic mass is 9.77. The van der Waals surface area contributed by atoms with Crippen molar-refractivity contribution in [3.8, 4) is 11.1 Å². The molecule has 0 saturated heterocycles. The van der Waals surface area contributed by atoms with Crippen LogP contribution in [-0.2, 0) is 9.53 Å². The molecular formula is C30H38O2. The maximum absolute atomic E-state index is 11.9. The van der Waals surface area contributed by atoms with Crippen LogP contribution in [0.3, 0.4) is 0 Å². The van der Waals surface area contributed by atoms with Crippen LogP contribution >= 0.6 is 0 Å². The Hall–Kier alpha value is -2.35. The van der Waals surface area contributed by atoms with Gasteiger partial charge in [0.05, 0.1) is 6.61 Å². The van der Waals surface area contributed by atoms with Crippen molar-refractivity contribution in [2.45, 2.75) is 83.5 Å². The summed E-state index contributed by atoms with van der Waals surface area (Å²) in [5.74, 6) is 2.06. The van der Waals surface area contributed by atoms with Crippen LogP contribution < -0.4 is 0 Å². The Labute approximate surface area is 194 Å². The Kier molecular flexibility index (Phi) is 7.84. The molecule has 1 atom stereocenters. The van der Waals surface area contributed by atoms with Crippen molar-refractivity contribution < 1.29 is 9.53 Å². The average molecular weight is 431 g/mol. The van der Waals surface area contributed by atoms with E-state index in [1.165, 1.54) is 60.8 Å². The summed E-state index contributed by atoms with van der Waals surface area (Å²) in [5, 5.41) is 0. The van der Waals surface area contributed by atoms with Gasteiger partial charge in [-0.15, -0.1) is 0 Å². The number of ether oxygens (including phenoxy) is 1. The standard InChI is InChI=1S/C30H38O2/c1-3-5-22-6-8-23(9-7-22)24-10-12-25(13-11-24)26-14-16-27(17-15-26)28-18-20-29(21-19-28)30(31)32-4-2/h10-17,20,22-23,28H,3-9,18-19,21H2,1-2H3/t22-,23-,28?. The lowest BCUT2D eigenvalue weighted by Crippen LogP contribution is -2.13. The summed E-state index contributed by atoms with van der Waals surface area (Å²) in [6.07, 6.45) is 13.1. The maximum Gasteiger partial charge on any atom is 0.333 e. The van der Waals surface area contributed by atoms with Gasteiger partial charge in [0.1, 0.15) is 0 Å². The monoisotopic (exact) mass is 430 g/mol. The zero-order chi connectivity index (χ0) is 22.3. The van der Waals surface area contributed by atoms with Crippen molar-refractivity contribution in [3.05, 3.63) is 71.3 Å². The van der Waals surface area contributed by atoms with Gasteiger partial charge in [0.15, 0.2) is 0 Å². The van der Waals surface area contributed by atoms with Crippen molar-refractivity contribution in [1.82, 2.24) is 0 Å². The number of hydrogen-bond acceptors (Lipinski definition) is 2. The fraction of sp³-hybridized carbons (Fsp3) is 0.500. The van der Waals surface area contributed by atoms with Gasteiger partial charge in [-0.05, 0) is 91.9 Å². The minimum absolute atomic E-state index is 0.140. The van der Waals surface area contributed by atoms with E-state index in [0.29, 0.717) is 12.5 Å². The van der Waals surface area contributed by atoms with E-state index in [-0.39, 0.29) is 5.97 Å². The molecule has 2 aromatic carbocycles. The molecule has 0 radical (unpaired) electrons. The van der Waals surface area contributed by atoms with Crippen LogP contribution in [0.25, 0.3) is 11.1 Å². The molecule has 0 heterocycles. The highest BCUT2D eigenvalue weighted by atomic mass is 16.5. The number of rotatable bonds is 7. The van der Waals surface area contributed by atoms with Crippen LogP contribution in [0.2, 0.25) is 0 Å². The van der Waals surface area contributed by atoms with Crippen molar-refractivity contribution in [2.24, 2.45) is 5.92 Å². The minimum atomic E-state index is -0.140. The molecule has 0 aliphatic heterocycles. The van der Waals surface area contributed by atoms with Crippen molar-refractivity contribution in [3.63, 3.8) is 0 Å². The molecule has 2 aromatic rings. The van der Waals surface area contributed by atoms with Gasteiger partial charge in [-0.2, -0.15) is 0 Å².